The first-order valence-corrected chi connectivity index (χ1v) is 19.9. The van der Waals surface area contributed by atoms with E-state index in [0.29, 0.717) is 0 Å². The van der Waals surface area contributed by atoms with Gasteiger partial charge in [-0.2, -0.15) is 0 Å². The Bertz CT molecular complexity index is 3170. The molecule has 0 amide bonds. The summed E-state index contributed by atoms with van der Waals surface area (Å²) in [5.74, 6) is 0.988. The summed E-state index contributed by atoms with van der Waals surface area (Å²) in [4.78, 5) is 1.31. The van der Waals surface area contributed by atoms with Crippen molar-refractivity contribution in [1.29, 1.82) is 0 Å². The van der Waals surface area contributed by atoms with Gasteiger partial charge in [0, 0.05) is 31.5 Å². The van der Waals surface area contributed by atoms with Gasteiger partial charge in [0.1, 0.15) is 11.3 Å². The third-order valence-corrected chi connectivity index (χ3v) is 12.7. The molecule has 2 heteroatoms. The Balaban J connectivity index is 1.08. The average Bonchev–Trinajstić information content (AvgIpc) is 3.78. The van der Waals surface area contributed by atoms with Crippen molar-refractivity contribution in [2.45, 2.75) is 19.8 Å². The van der Waals surface area contributed by atoms with Crippen LogP contribution in [0.4, 0.5) is 0 Å². The predicted octanol–water partition coefficient (Wildman–Crippen LogP) is 15.7. The van der Waals surface area contributed by atoms with Crippen LogP contribution in [0.2, 0.25) is 0 Å². The predicted molar refractivity (Wildman–Crippen MR) is 238 cm³/mol. The van der Waals surface area contributed by atoms with E-state index in [1.54, 1.807) is 0 Å². The highest BCUT2D eigenvalue weighted by molar-refractivity contribution is 7.19. The summed E-state index contributed by atoms with van der Waals surface area (Å²) in [6, 6.07) is 53.8. The van der Waals surface area contributed by atoms with E-state index in [1.165, 1.54) is 108 Å². The summed E-state index contributed by atoms with van der Waals surface area (Å²) in [7, 11) is 0. The SMILES string of the molecule is C=Cc1c(-c2c(C)sc3cc(-c4c5ccccc5c(-c5ccc6cc(-c7ccccc7)ccc6c5)c5ccccc45)ccc23)ccc2oc3c(c12)CCC=C3. The summed E-state index contributed by atoms with van der Waals surface area (Å²) in [6.45, 7) is 6.56. The fourth-order valence-corrected chi connectivity index (χ4v) is 10.3. The highest BCUT2D eigenvalue weighted by Gasteiger charge is 2.23. The third kappa shape index (κ3) is 4.99. The Kier molecular flexibility index (Phi) is 7.30. The molecule has 0 fully saturated rings. The number of benzene rings is 8. The molecule has 11 rings (SSSR count). The molecule has 0 saturated heterocycles. The highest BCUT2D eigenvalue weighted by Crippen LogP contribution is 2.48. The monoisotopic (exact) mass is 720 g/mol. The lowest BCUT2D eigenvalue weighted by molar-refractivity contribution is 0.595. The van der Waals surface area contributed by atoms with Gasteiger partial charge in [-0.1, -0.05) is 134 Å². The molecule has 260 valence electrons. The minimum Gasteiger partial charge on any atom is -0.456 e. The molecule has 8 aromatic carbocycles. The van der Waals surface area contributed by atoms with E-state index in [1.807, 2.05) is 17.4 Å². The van der Waals surface area contributed by atoms with Crippen LogP contribution in [-0.2, 0) is 6.42 Å². The van der Waals surface area contributed by atoms with Gasteiger partial charge >= 0.3 is 0 Å². The minimum atomic E-state index is 0.942. The van der Waals surface area contributed by atoms with Crippen molar-refractivity contribution < 1.29 is 4.42 Å². The first-order chi connectivity index (χ1) is 27.1. The van der Waals surface area contributed by atoms with Crippen molar-refractivity contribution >= 4 is 76.9 Å². The maximum Gasteiger partial charge on any atom is 0.135 e. The van der Waals surface area contributed by atoms with Gasteiger partial charge in [0.05, 0.1) is 0 Å². The van der Waals surface area contributed by atoms with Crippen LogP contribution in [0.5, 0.6) is 0 Å². The topological polar surface area (TPSA) is 13.1 Å². The lowest BCUT2D eigenvalue weighted by Gasteiger charge is -2.18. The molecule has 0 unspecified atom stereocenters. The zero-order chi connectivity index (χ0) is 36.6. The lowest BCUT2D eigenvalue weighted by atomic mass is 9.85. The lowest BCUT2D eigenvalue weighted by Crippen LogP contribution is -1.92. The third-order valence-electron chi connectivity index (χ3n) is 11.7. The molecule has 0 bridgehead atoms. The fraction of sp³-hybridized carbons (Fsp3) is 0.0566. The smallest absolute Gasteiger partial charge is 0.135 e. The van der Waals surface area contributed by atoms with Gasteiger partial charge in [-0.25, -0.2) is 0 Å². The van der Waals surface area contributed by atoms with Crippen molar-refractivity contribution in [3.63, 3.8) is 0 Å². The first kappa shape index (κ1) is 32.0. The van der Waals surface area contributed by atoms with Crippen LogP contribution in [-0.4, -0.2) is 0 Å². The second-order valence-electron chi connectivity index (χ2n) is 14.7. The van der Waals surface area contributed by atoms with Gasteiger partial charge in [0.15, 0.2) is 0 Å². The molecule has 55 heavy (non-hydrogen) atoms. The van der Waals surface area contributed by atoms with Crippen LogP contribution >= 0.6 is 11.3 Å². The summed E-state index contributed by atoms with van der Waals surface area (Å²) >= 11 is 1.88. The summed E-state index contributed by atoms with van der Waals surface area (Å²) < 4.78 is 7.59. The zero-order valence-electron chi connectivity index (χ0n) is 30.5. The number of hydrogen-bond acceptors (Lipinski definition) is 2. The van der Waals surface area contributed by atoms with Gasteiger partial charge in [-0.15, -0.1) is 11.3 Å². The molecule has 0 N–H and O–H groups in total. The Morgan fingerprint density at radius 2 is 1.20 bits per heavy atom. The molecule has 0 radical (unpaired) electrons. The van der Waals surface area contributed by atoms with Crippen molar-refractivity contribution in [3.8, 4) is 44.5 Å². The Morgan fingerprint density at radius 1 is 0.582 bits per heavy atom. The van der Waals surface area contributed by atoms with Crippen LogP contribution in [0.3, 0.4) is 0 Å². The van der Waals surface area contributed by atoms with E-state index >= 15 is 0 Å². The minimum absolute atomic E-state index is 0.942. The second-order valence-corrected chi connectivity index (χ2v) is 16.0. The van der Waals surface area contributed by atoms with E-state index in [0.717, 1.165) is 24.2 Å². The van der Waals surface area contributed by atoms with Crippen LogP contribution in [0, 0.1) is 6.92 Å². The number of hydrogen-bond donors (Lipinski definition) is 0. The van der Waals surface area contributed by atoms with Crippen LogP contribution in [0.25, 0.3) is 110 Å². The van der Waals surface area contributed by atoms with Crippen molar-refractivity contribution in [2.24, 2.45) is 0 Å². The number of fused-ring (bicyclic) bond motifs is 7. The number of allylic oxidation sites excluding steroid dienone is 1. The van der Waals surface area contributed by atoms with E-state index in [2.05, 4.69) is 171 Å². The largest absolute Gasteiger partial charge is 0.456 e. The molecule has 0 saturated carbocycles. The van der Waals surface area contributed by atoms with Crippen molar-refractivity contribution in [3.05, 3.63) is 180 Å². The molecule has 0 atom stereocenters. The summed E-state index contributed by atoms with van der Waals surface area (Å²) in [6.07, 6.45) is 8.39. The maximum atomic E-state index is 6.30. The van der Waals surface area contributed by atoms with Crippen molar-refractivity contribution in [1.82, 2.24) is 0 Å². The van der Waals surface area contributed by atoms with Gasteiger partial charge in [-0.3, -0.25) is 0 Å². The molecule has 1 aliphatic carbocycles. The molecular weight excluding hydrogens is 685 g/mol. The Hall–Kier alpha value is -6.48. The number of thiophene rings is 1. The van der Waals surface area contributed by atoms with E-state index in [-0.39, 0.29) is 0 Å². The van der Waals surface area contributed by atoms with E-state index in [4.69, 9.17) is 4.42 Å². The van der Waals surface area contributed by atoms with Gasteiger partial charge in [-0.05, 0) is 133 Å². The number of furan rings is 1. The average molecular weight is 721 g/mol. The van der Waals surface area contributed by atoms with E-state index in [9.17, 15) is 0 Å². The second kappa shape index (κ2) is 12.6. The molecular formula is C53H36OS. The van der Waals surface area contributed by atoms with Gasteiger partial charge < -0.3 is 4.42 Å². The van der Waals surface area contributed by atoms with Gasteiger partial charge in [0.2, 0.25) is 0 Å². The fourth-order valence-electron chi connectivity index (χ4n) is 9.20. The molecule has 2 aromatic heterocycles. The Labute approximate surface area is 324 Å². The summed E-state index contributed by atoms with van der Waals surface area (Å²) in [5, 5.41) is 10.0. The van der Waals surface area contributed by atoms with Crippen molar-refractivity contribution in [2.75, 3.05) is 0 Å². The molecule has 0 aliphatic heterocycles. The molecule has 1 aliphatic rings. The molecule has 1 nitrogen and oxygen atoms in total. The molecule has 2 heterocycles. The summed E-state index contributed by atoms with van der Waals surface area (Å²) in [5.41, 5.74) is 13.4. The van der Waals surface area contributed by atoms with Gasteiger partial charge in [0.25, 0.3) is 0 Å². The first-order valence-electron chi connectivity index (χ1n) is 19.1. The van der Waals surface area contributed by atoms with Crippen LogP contribution < -0.4 is 0 Å². The maximum absolute atomic E-state index is 6.30. The number of aryl methyl sites for hydroxylation is 2. The molecule has 0 spiro atoms. The Morgan fingerprint density at radius 3 is 1.89 bits per heavy atom. The highest BCUT2D eigenvalue weighted by atomic mass is 32.1. The van der Waals surface area contributed by atoms with Crippen LogP contribution in [0.1, 0.15) is 28.2 Å². The quantitative estimate of drug-likeness (QED) is 0.161. The van der Waals surface area contributed by atoms with Crippen LogP contribution in [0.15, 0.2) is 163 Å². The standard InChI is InChI=1S/C53H36OS/c1-3-39-44(27-28-48-53(39)45-19-11-12-20-47(45)54-48)50-32(2)55-49-31-38(25-26-46(49)50)52-42-17-9-7-15-40(42)51(41-16-8-10-18-43(41)52)37-24-23-35-29-34(21-22-36(35)30-37)33-13-5-4-6-14-33/h3-10,12-18,20-31H,1,11,19H2,2H3. The molecule has 10 aromatic rings. The van der Waals surface area contributed by atoms with E-state index < -0.39 is 0 Å². The zero-order valence-corrected chi connectivity index (χ0v) is 31.3. The normalized spacial score (nSPS) is 12.7. The number of rotatable bonds is 5.